The standard InChI is InChI=1S/C21H27N5O4S/c1-15-7-6-10-24(11-15)21(28)20-17-12-25(13-19(27)23(2)3)31(29,30)18-9-5-4-8-16(18)26(17)14-22-20/h4-5,8-9,14-15H,6-7,10-13H2,1-3H3. The van der Waals surface area contributed by atoms with Crippen LogP contribution in [0.4, 0.5) is 0 Å². The molecule has 10 heteroatoms. The molecule has 9 nitrogen and oxygen atoms in total. The number of carbonyl (C=O) groups is 2. The maximum absolute atomic E-state index is 13.4. The largest absolute Gasteiger partial charge is 0.348 e. The summed E-state index contributed by atoms with van der Waals surface area (Å²) in [4.78, 5) is 33.3. The van der Waals surface area contributed by atoms with Gasteiger partial charge in [0.2, 0.25) is 15.9 Å². The Balaban J connectivity index is 1.81. The maximum atomic E-state index is 13.4. The highest BCUT2D eigenvalue weighted by molar-refractivity contribution is 7.89. The molecule has 1 aromatic carbocycles. The van der Waals surface area contributed by atoms with E-state index in [1.54, 1.807) is 41.8 Å². The molecule has 0 bridgehead atoms. The molecule has 0 saturated carbocycles. The SMILES string of the molecule is CC1CCCN(C(=O)c2ncn3c2CN(CC(=O)N(C)C)S(=O)(=O)c2ccccc2-3)C1. The van der Waals surface area contributed by atoms with E-state index in [2.05, 4.69) is 11.9 Å². The van der Waals surface area contributed by atoms with Gasteiger partial charge in [-0.1, -0.05) is 19.1 Å². The Morgan fingerprint density at radius 2 is 1.97 bits per heavy atom. The molecule has 1 saturated heterocycles. The summed E-state index contributed by atoms with van der Waals surface area (Å²) in [6.07, 6.45) is 3.52. The Kier molecular flexibility index (Phi) is 5.61. The van der Waals surface area contributed by atoms with Crippen LogP contribution in [0.1, 0.15) is 35.9 Å². The molecule has 0 aliphatic carbocycles. The van der Waals surface area contributed by atoms with Crippen molar-refractivity contribution < 1.29 is 18.0 Å². The predicted octanol–water partition coefficient (Wildman–Crippen LogP) is 1.34. The zero-order valence-corrected chi connectivity index (χ0v) is 18.8. The normalized spacial score (nSPS) is 20.5. The number of para-hydroxylation sites is 1. The predicted molar refractivity (Wildman–Crippen MR) is 114 cm³/mol. The first-order valence-electron chi connectivity index (χ1n) is 10.4. The number of nitrogens with zero attached hydrogens (tertiary/aromatic N) is 5. The summed E-state index contributed by atoms with van der Waals surface area (Å²) in [7, 11) is -0.788. The van der Waals surface area contributed by atoms with Gasteiger partial charge in [0.1, 0.15) is 11.2 Å². The van der Waals surface area contributed by atoms with Crippen molar-refractivity contribution in [3.8, 4) is 5.69 Å². The van der Waals surface area contributed by atoms with Crippen LogP contribution in [0, 0.1) is 5.92 Å². The van der Waals surface area contributed by atoms with Crippen molar-refractivity contribution in [1.29, 1.82) is 0 Å². The summed E-state index contributed by atoms with van der Waals surface area (Å²) in [6, 6.07) is 6.59. The Hall–Kier alpha value is -2.72. The fourth-order valence-electron chi connectivity index (χ4n) is 4.13. The monoisotopic (exact) mass is 445 g/mol. The van der Waals surface area contributed by atoms with Crippen LogP contribution in [0.25, 0.3) is 5.69 Å². The summed E-state index contributed by atoms with van der Waals surface area (Å²) < 4.78 is 29.6. The van der Waals surface area contributed by atoms with Crippen LogP contribution < -0.4 is 0 Å². The van der Waals surface area contributed by atoms with E-state index in [1.165, 1.54) is 17.3 Å². The van der Waals surface area contributed by atoms with Gasteiger partial charge in [0.05, 0.1) is 24.5 Å². The molecule has 0 spiro atoms. The molecule has 2 aliphatic heterocycles. The van der Waals surface area contributed by atoms with Crippen LogP contribution >= 0.6 is 0 Å². The molecule has 0 radical (unpaired) electrons. The van der Waals surface area contributed by atoms with Gasteiger partial charge in [0.25, 0.3) is 5.91 Å². The number of hydrogen-bond donors (Lipinski definition) is 0. The molecule has 0 N–H and O–H groups in total. The highest BCUT2D eigenvalue weighted by Crippen LogP contribution is 2.32. The van der Waals surface area contributed by atoms with E-state index in [9.17, 15) is 18.0 Å². The number of benzene rings is 1. The van der Waals surface area contributed by atoms with Gasteiger partial charge < -0.3 is 9.80 Å². The Bertz CT molecular complexity index is 1120. The Morgan fingerprint density at radius 3 is 2.68 bits per heavy atom. The molecule has 2 aromatic rings. The van der Waals surface area contributed by atoms with Gasteiger partial charge in [-0.25, -0.2) is 13.4 Å². The topological polar surface area (TPSA) is 95.8 Å². The van der Waals surface area contributed by atoms with Crippen LogP contribution in [0.5, 0.6) is 0 Å². The molecule has 2 aliphatic rings. The lowest BCUT2D eigenvalue weighted by Gasteiger charge is -2.30. The summed E-state index contributed by atoms with van der Waals surface area (Å²) in [6.45, 7) is 3.00. The number of fused-ring (bicyclic) bond motifs is 3. The summed E-state index contributed by atoms with van der Waals surface area (Å²) >= 11 is 0. The van der Waals surface area contributed by atoms with Crippen LogP contribution in [0.2, 0.25) is 0 Å². The molecule has 166 valence electrons. The maximum Gasteiger partial charge on any atom is 0.274 e. The smallest absolute Gasteiger partial charge is 0.274 e. The number of amides is 2. The first-order valence-corrected chi connectivity index (χ1v) is 11.8. The van der Waals surface area contributed by atoms with Gasteiger partial charge in [-0.15, -0.1) is 0 Å². The number of sulfonamides is 1. The van der Waals surface area contributed by atoms with Crippen LogP contribution in [0.15, 0.2) is 35.5 Å². The van der Waals surface area contributed by atoms with Gasteiger partial charge in [0.15, 0.2) is 5.69 Å². The minimum atomic E-state index is -3.95. The molecule has 2 amide bonds. The number of likely N-dealkylation sites (N-methyl/N-ethyl adjacent to an activating group) is 1. The second-order valence-electron chi connectivity index (χ2n) is 8.44. The van der Waals surface area contributed by atoms with Crippen LogP contribution in [-0.2, 0) is 21.4 Å². The first-order chi connectivity index (χ1) is 14.7. The third kappa shape index (κ3) is 3.85. The molecule has 1 aromatic heterocycles. The number of piperidine rings is 1. The summed E-state index contributed by atoms with van der Waals surface area (Å²) in [5, 5.41) is 0. The van der Waals surface area contributed by atoms with Crippen molar-refractivity contribution in [3.63, 3.8) is 0 Å². The van der Waals surface area contributed by atoms with E-state index in [4.69, 9.17) is 0 Å². The van der Waals surface area contributed by atoms with E-state index >= 15 is 0 Å². The molecular weight excluding hydrogens is 418 g/mol. The van der Waals surface area contributed by atoms with E-state index in [1.807, 2.05) is 0 Å². The summed E-state index contributed by atoms with van der Waals surface area (Å²) in [5.41, 5.74) is 1.14. The molecule has 4 rings (SSSR count). The van der Waals surface area contributed by atoms with E-state index < -0.39 is 10.0 Å². The minimum Gasteiger partial charge on any atom is -0.348 e. The van der Waals surface area contributed by atoms with E-state index in [-0.39, 0.29) is 35.5 Å². The van der Waals surface area contributed by atoms with Crippen LogP contribution in [0.3, 0.4) is 0 Å². The molecule has 31 heavy (non-hydrogen) atoms. The number of aromatic nitrogens is 2. The number of likely N-dealkylation sites (tertiary alicyclic amines) is 1. The summed E-state index contributed by atoms with van der Waals surface area (Å²) in [5.74, 6) is -0.128. The highest BCUT2D eigenvalue weighted by atomic mass is 32.2. The quantitative estimate of drug-likeness (QED) is 0.710. The van der Waals surface area contributed by atoms with Gasteiger partial charge >= 0.3 is 0 Å². The van der Waals surface area contributed by atoms with Gasteiger partial charge in [-0.2, -0.15) is 4.31 Å². The van der Waals surface area contributed by atoms with Crippen LogP contribution in [-0.4, -0.2) is 77.6 Å². The van der Waals surface area contributed by atoms with Gasteiger partial charge in [-0.05, 0) is 30.9 Å². The second kappa shape index (κ2) is 8.08. The Labute approximate surface area is 182 Å². The minimum absolute atomic E-state index is 0.0864. The third-order valence-electron chi connectivity index (χ3n) is 5.89. The van der Waals surface area contributed by atoms with Crippen molar-refractivity contribution in [2.24, 2.45) is 5.92 Å². The van der Waals surface area contributed by atoms with E-state index in [0.29, 0.717) is 30.4 Å². The highest BCUT2D eigenvalue weighted by Gasteiger charge is 2.37. The zero-order chi connectivity index (χ0) is 22.3. The zero-order valence-electron chi connectivity index (χ0n) is 18.0. The lowest BCUT2D eigenvalue weighted by Crippen LogP contribution is -2.41. The lowest BCUT2D eigenvalue weighted by atomic mass is 10.00. The average Bonchev–Trinajstić information content (AvgIpc) is 3.12. The Morgan fingerprint density at radius 1 is 1.23 bits per heavy atom. The number of imidazole rings is 1. The molecule has 1 fully saturated rings. The van der Waals surface area contributed by atoms with Crippen molar-refractivity contribution in [2.75, 3.05) is 33.7 Å². The lowest BCUT2D eigenvalue weighted by molar-refractivity contribution is -0.128. The fraction of sp³-hybridized carbons (Fsp3) is 0.476. The molecule has 1 unspecified atom stereocenters. The van der Waals surface area contributed by atoms with Crippen molar-refractivity contribution >= 4 is 21.8 Å². The van der Waals surface area contributed by atoms with Crippen molar-refractivity contribution in [1.82, 2.24) is 23.7 Å². The second-order valence-corrected chi connectivity index (χ2v) is 10.3. The molecule has 3 heterocycles. The molecule has 1 atom stereocenters. The van der Waals surface area contributed by atoms with Gasteiger partial charge in [-0.3, -0.25) is 14.2 Å². The van der Waals surface area contributed by atoms with E-state index in [0.717, 1.165) is 17.1 Å². The number of hydrogen-bond acceptors (Lipinski definition) is 5. The van der Waals surface area contributed by atoms with Crippen molar-refractivity contribution in [3.05, 3.63) is 42.0 Å². The first kappa shape index (κ1) is 21.5. The molecular formula is C21H27N5O4S. The number of rotatable bonds is 3. The average molecular weight is 446 g/mol. The number of carbonyl (C=O) groups excluding carboxylic acids is 2. The van der Waals surface area contributed by atoms with Gasteiger partial charge in [0, 0.05) is 27.2 Å². The fourth-order valence-corrected chi connectivity index (χ4v) is 5.67. The third-order valence-corrected chi connectivity index (χ3v) is 7.73. The van der Waals surface area contributed by atoms with Crippen molar-refractivity contribution in [2.45, 2.75) is 31.2 Å².